The fourth-order valence-corrected chi connectivity index (χ4v) is 1.85. The van der Waals surface area contributed by atoms with Crippen LogP contribution in [0.25, 0.3) is 0 Å². The maximum Gasteiger partial charge on any atom is 0.417 e. The molecule has 1 rings (SSSR count). The lowest BCUT2D eigenvalue weighted by Crippen LogP contribution is -2.22. The van der Waals surface area contributed by atoms with Gasteiger partial charge in [-0.05, 0) is 37.9 Å². The molecule has 0 saturated carbocycles. The maximum atomic E-state index is 12.5. The summed E-state index contributed by atoms with van der Waals surface area (Å²) >= 11 is 0. The molecule has 0 spiro atoms. The summed E-state index contributed by atoms with van der Waals surface area (Å²) in [6.45, 7) is 6.37. The molecule has 19 heavy (non-hydrogen) atoms. The first kappa shape index (κ1) is 15.7. The van der Waals surface area contributed by atoms with Gasteiger partial charge in [0.1, 0.15) is 0 Å². The van der Waals surface area contributed by atoms with Gasteiger partial charge >= 0.3 is 6.18 Å². The summed E-state index contributed by atoms with van der Waals surface area (Å²) in [6.07, 6.45) is 1.06. The van der Waals surface area contributed by atoms with Crippen LogP contribution >= 0.6 is 0 Å². The summed E-state index contributed by atoms with van der Waals surface area (Å²) in [5, 5.41) is 3.24. The fourth-order valence-electron chi connectivity index (χ4n) is 1.85. The lowest BCUT2D eigenvalue weighted by Gasteiger charge is -2.17. The smallest absolute Gasteiger partial charge is 0.309 e. The molecule has 0 radical (unpaired) electrons. The number of nitrogens with one attached hydrogen (secondary N) is 1. The van der Waals surface area contributed by atoms with Crippen LogP contribution in [0.4, 0.5) is 13.2 Å². The Hall–Kier alpha value is -1.36. The molecule has 0 saturated heterocycles. The molecule has 0 fully saturated rings. The van der Waals surface area contributed by atoms with E-state index in [1.165, 1.54) is 6.07 Å². The quantitative estimate of drug-likeness (QED) is 0.597. The van der Waals surface area contributed by atoms with Gasteiger partial charge < -0.3 is 5.32 Å². The number of alkyl halides is 3. The molecule has 0 aliphatic rings. The van der Waals surface area contributed by atoms with Crippen molar-refractivity contribution in [3.05, 3.63) is 42.2 Å². The number of hydrogen-bond donors (Lipinski definition) is 1. The van der Waals surface area contributed by atoms with Gasteiger partial charge in [0.25, 0.3) is 0 Å². The van der Waals surface area contributed by atoms with Gasteiger partial charge in [0.15, 0.2) is 0 Å². The van der Waals surface area contributed by atoms with Crippen molar-refractivity contribution in [2.24, 2.45) is 0 Å². The predicted octanol–water partition coefficient (Wildman–Crippen LogP) is 4.11. The van der Waals surface area contributed by atoms with Gasteiger partial charge in [-0.3, -0.25) is 4.98 Å². The molecule has 0 aliphatic heterocycles. The minimum atomic E-state index is -4.33. The second kappa shape index (κ2) is 7.28. The topological polar surface area (TPSA) is 24.9 Å². The van der Waals surface area contributed by atoms with Crippen LogP contribution in [-0.4, -0.2) is 11.5 Å². The Morgan fingerprint density at radius 1 is 1.42 bits per heavy atom. The molecule has 1 heterocycles. The van der Waals surface area contributed by atoms with E-state index < -0.39 is 11.7 Å². The Morgan fingerprint density at radius 2 is 2.16 bits per heavy atom. The SMILES string of the molecule is C=CCCCC(NCC)c1ccc(C(F)(F)F)cn1. The number of allylic oxidation sites excluding steroid dienone is 1. The average Bonchev–Trinajstić information content (AvgIpc) is 2.37. The highest BCUT2D eigenvalue weighted by Gasteiger charge is 2.30. The summed E-state index contributed by atoms with van der Waals surface area (Å²) < 4.78 is 37.4. The highest BCUT2D eigenvalue weighted by atomic mass is 19.4. The molecular formula is C14H19F3N2. The Morgan fingerprint density at radius 3 is 2.63 bits per heavy atom. The highest BCUT2D eigenvalue weighted by molar-refractivity contribution is 5.19. The second-order valence-electron chi connectivity index (χ2n) is 4.30. The van der Waals surface area contributed by atoms with Crippen LogP contribution in [0.15, 0.2) is 31.0 Å². The minimum Gasteiger partial charge on any atom is -0.309 e. The number of unbranched alkanes of at least 4 members (excludes halogenated alkanes) is 1. The first-order valence-corrected chi connectivity index (χ1v) is 6.36. The summed E-state index contributed by atoms with van der Waals surface area (Å²) in [4.78, 5) is 3.93. The molecule has 1 aromatic rings. The number of pyridine rings is 1. The van der Waals surface area contributed by atoms with Crippen molar-refractivity contribution < 1.29 is 13.2 Å². The molecule has 1 N–H and O–H groups in total. The maximum absolute atomic E-state index is 12.5. The molecule has 0 aromatic carbocycles. The van der Waals surface area contributed by atoms with Crippen molar-refractivity contribution >= 4 is 0 Å². The van der Waals surface area contributed by atoms with Gasteiger partial charge in [0.05, 0.1) is 11.3 Å². The van der Waals surface area contributed by atoms with Crippen LogP contribution in [0, 0.1) is 0 Å². The Kier molecular flexibility index (Phi) is 6.02. The van der Waals surface area contributed by atoms with E-state index in [-0.39, 0.29) is 6.04 Å². The first-order chi connectivity index (χ1) is 8.99. The summed E-state index contributed by atoms with van der Waals surface area (Å²) in [7, 11) is 0. The summed E-state index contributed by atoms with van der Waals surface area (Å²) in [5.41, 5.74) is -0.0588. The second-order valence-corrected chi connectivity index (χ2v) is 4.30. The molecule has 1 unspecified atom stereocenters. The van der Waals surface area contributed by atoms with Crippen LogP contribution in [-0.2, 0) is 6.18 Å². The van der Waals surface area contributed by atoms with Crippen LogP contribution in [0.2, 0.25) is 0 Å². The lowest BCUT2D eigenvalue weighted by atomic mass is 10.0. The molecule has 0 aliphatic carbocycles. The summed E-state index contributed by atoms with van der Waals surface area (Å²) in [5.74, 6) is 0. The van der Waals surface area contributed by atoms with E-state index in [9.17, 15) is 13.2 Å². The van der Waals surface area contributed by atoms with Crippen molar-refractivity contribution in [3.8, 4) is 0 Å². The van der Waals surface area contributed by atoms with Gasteiger partial charge in [-0.25, -0.2) is 0 Å². The zero-order chi connectivity index (χ0) is 14.3. The third-order valence-corrected chi connectivity index (χ3v) is 2.82. The van der Waals surface area contributed by atoms with Crippen LogP contribution in [0.1, 0.15) is 43.5 Å². The van der Waals surface area contributed by atoms with E-state index in [1.807, 2.05) is 13.0 Å². The average molecular weight is 272 g/mol. The van der Waals surface area contributed by atoms with Crippen molar-refractivity contribution in [1.82, 2.24) is 10.3 Å². The third kappa shape index (κ3) is 5.03. The molecule has 1 aromatic heterocycles. The lowest BCUT2D eigenvalue weighted by molar-refractivity contribution is -0.137. The summed E-state index contributed by atoms with van der Waals surface area (Å²) in [6, 6.07) is 2.52. The van der Waals surface area contributed by atoms with Gasteiger partial charge in [-0.1, -0.05) is 13.0 Å². The van der Waals surface area contributed by atoms with E-state index in [2.05, 4.69) is 16.9 Å². The molecule has 0 bridgehead atoms. The molecule has 1 atom stereocenters. The van der Waals surface area contributed by atoms with Crippen LogP contribution in [0.5, 0.6) is 0 Å². The van der Waals surface area contributed by atoms with Gasteiger partial charge in [-0.15, -0.1) is 6.58 Å². The fraction of sp³-hybridized carbons (Fsp3) is 0.500. The van der Waals surface area contributed by atoms with Gasteiger partial charge in [-0.2, -0.15) is 13.2 Å². The number of rotatable bonds is 7. The van der Waals surface area contributed by atoms with Crippen LogP contribution in [0.3, 0.4) is 0 Å². The zero-order valence-corrected chi connectivity index (χ0v) is 11.0. The zero-order valence-electron chi connectivity index (χ0n) is 11.0. The van der Waals surface area contributed by atoms with Crippen molar-refractivity contribution in [2.45, 2.75) is 38.4 Å². The molecular weight excluding hydrogens is 253 g/mol. The first-order valence-electron chi connectivity index (χ1n) is 6.36. The predicted molar refractivity (Wildman–Crippen MR) is 69.7 cm³/mol. The molecule has 106 valence electrons. The van der Waals surface area contributed by atoms with Crippen molar-refractivity contribution in [2.75, 3.05) is 6.54 Å². The third-order valence-electron chi connectivity index (χ3n) is 2.82. The Bertz CT molecular complexity index is 385. The molecule has 5 heteroatoms. The van der Waals surface area contributed by atoms with Crippen molar-refractivity contribution in [3.63, 3.8) is 0 Å². The van der Waals surface area contributed by atoms with E-state index in [0.29, 0.717) is 5.69 Å². The molecule has 2 nitrogen and oxygen atoms in total. The molecule has 0 amide bonds. The normalized spacial score (nSPS) is 13.3. The van der Waals surface area contributed by atoms with E-state index in [4.69, 9.17) is 0 Å². The van der Waals surface area contributed by atoms with Gasteiger partial charge in [0.2, 0.25) is 0 Å². The van der Waals surface area contributed by atoms with E-state index in [1.54, 1.807) is 0 Å². The Balaban J connectivity index is 2.76. The number of halogens is 3. The van der Waals surface area contributed by atoms with E-state index in [0.717, 1.165) is 38.1 Å². The minimum absolute atomic E-state index is 0.00719. The largest absolute Gasteiger partial charge is 0.417 e. The number of aromatic nitrogens is 1. The van der Waals surface area contributed by atoms with Crippen LogP contribution < -0.4 is 5.32 Å². The van der Waals surface area contributed by atoms with Gasteiger partial charge in [0, 0.05) is 12.2 Å². The standard InChI is InChI=1S/C14H19F3N2/c1-3-5-6-7-12(18-4-2)13-9-8-11(10-19-13)14(15,16)17/h3,8-10,12,18H,1,4-7H2,2H3. The van der Waals surface area contributed by atoms with Crippen molar-refractivity contribution in [1.29, 1.82) is 0 Å². The monoisotopic (exact) mass is 272 g/mol. The number of nitrogens with zero attached hydrogens (tertiary/aromatic N) is 1. The van der Waals surface area contributed by atoms with E-state index >= 15 is 0 Å². The number of hydrogen-bond acceptors (Lipinski definition) is 2. The highest BCUT2D eigenvalue weighted by Crippen LogP contribution is 2.29. The Labute approximate surface area is 111 Å².